The van der Waals surface area contributed by atoms with Crippen molar-refractivity contribution in [3.05, 3.63) is 36.4 Å². The van der Waals surface area contributed by atoms with Crippen LogP contribution in [0.2, 0.25) is 0 Å². The van der Waals surface area contributed by atoms with Crippen LogP contribution in [0.1, 0.15) is 5.82 Å². The highest BCUT2D eigenvalue weighted by molar-refractivity contribution is 5.89. The maximum Gasteiger partial charge on any atom is 0.319 e. The quantitative estimate of drug-likeness (QED) is 0.695. The van der Waals surface area contributed by atoms with Crippen LogP contribution >= 0.6 is 0 Å². The summed E-state index contributed by atoms with van der Waals surface area (Å²) in [5.41, 5.74) is 6.84. The SMILES string of the molecule is Cn1cnc(CNC(=O)Nc2cccc(N)c2)n1. The molecule has 2 aromatic rings. The third kappa shape index (κ3) is 3.21. The molecule has 7 heteroatoms. The minimum atomic E-state index is -0.326. The Labute approximate surface area is 104 Å². The summed E-state index contributed by atoms with van der Waals surface area (Å²) < 4.78 is 1.58. The van der Waals surface area contributed by atoms with Gasteiger partial charge in [0.15, 0.2) is 5.82 Å². The molecule has 0 saturated heterocycles. The first-order valence-electron chi connectivity index (χ1n) is 5.38. The number of nitrogens with zero attached hydrogens (tertiary/aromatic N) is 3. The Balaban J connectivity index is 1.85. The second kappa shape index (κ2) is 5.17. The molecule has 18 heavy (non-hydrogen) atoms. The van der Waals surface area contributed by atoms with Crippen molar-refractivity contribution in [1.82, 2.24) is 20.1 Å². The van der Waals surface area contributed by atoms with Crippen LogP contribution < -0.4 is 16.4 Å². The molecule has 0 fully saturated rings. The highest BCUT2D eigenvalue weighted by Crippen LogP contribution is 2.11. The first-order chi connectivity index (χ1) is 8.63. The van der Waals surface area contributed by atoms with E-state index in [4.69, 9.17) is 5.73 Å². The fourth-order valence-corrected chi connectivity index (χ4v) is 1.42. The maximum absolute atomic E-state index is 11.6. The minimum absolute atomic E-state index is 0.273. The van der Waals surface area contributed by atoms with Crippen molar-refractivity contribution < 1.29 is 4.79 Å². The normalized spacial score (nSPS) is 10.1. The van der Waals surface area contributed by atoms with Crippen LogP contribution in [0.3, 0.4) is 0 Å². The molecule has 0 aliphatic carbocycles. The Morgan fingerprint density at radius 3 is 3.00 bits per heavy atom. The van der Waals surface area contributed by atoms with E-state index in [0.717, 1.165) is 0 Å². The number of hydrogen-bond donors (Lipinski definition) is 3. The second-order valence-electron chi connectivity index (χ2n) is 3.77. The van der Waals surface area contributed by atoms with Crippen molar-refractivity contribution in [2.75, 3.05) is 11.1 Å². The van der Waals surface area contributed by atoms with E-state index in [-0.39, 0.29) is 12.6 Å². The lowest BCUT2D eigenvalue weighted by Crippen LogP contribution is -2.28. The number of anilines is 2. The zero-order valence-electron chi connectivity index (χ0n) is 9.92. The zero-order valence-corrected chi connectivity index (χ0v) is 9.92. The van der Waals surface area contributed by atoms with Gasteiger partial charge in [-0.25, -0.2) is 9.78 Å². The number of carbonyl (C=O) groups excluding carboxylic acids is 1. The Kier molecular flexibility index (Phi) is 3.42. The van der Waals surface area contributed by atoms with Crippen LogP contribution in [-0.4, -0.2) is 20.8 Å². The first-order valence-corrected chi connectivity index (χ1v) is 5.38. The van der Waals surface area contributed by atoms with Crippen LogP contribution in [0.25, 0.3) is 0 Å². The molecule has 1 aromatic heterocycles. The van der Waals surface area contributed by atoms with E-state index >= 15 is 0 Å². The largest absolute Gasteiger partial charge is 0.399 e. The van der Waals surface area contributed by atoms with Crippen molar-refractivity contribution in [2.45, 2.75) is 6.54 Å². The topological polar surface area (TPSA) is 97.9 Å². The van der Waals surface area contributed by atoms with Gasteiger partial charge >= 0.3 is 6.03 Å². The van der Waals surface area contributed by atoms with Gasteiger partial charge in [0.05, 0.1) is 6.54 Å². The molecule has 0 radical (unpaired) electrons. The van der Waals surface area contributed by atoms with Crippen molar-refractivity contribution in [3.8, 4) is 0 Å². The molecule has 2 rings (SSSR count). The number of carbonyl (C=O) groups is 1. The van der Waals surface area contributed by atoms with E-state index in [0.29, 0.717) is 17.2 Å². The lowest BCUT2D eigenvalue weighted by atomic mass is 10.3. The number of nitrogen functional groups attached to an aromatic ring is 1. The third-order valence-electron chi connectivity index (χ3n) is 2.20. The molecule has 94 valence electrons. The summed E-state index contributed by atoms with van der Waals surface area (Å²) in [6, 6.07) is 6.63. The summed E-state index contributed by atoms with van der Waals surface area (Å²) in [5, 5.41) is 9.37. The summed E-state index contributed by atoms with van der Waals surface area (Å²) in [6.45, 7) is 0.273. The Morgan fingerprint density at radius 1 is 1.50 bits per heavy atom. The van der Waals surface area contributed by atoms with Gasteiger partial charge in [0, 0.05) is 18.4 Å². The summed E-state index contributed by atoms with van der Waals surface area (Å²) >= 11 is 0. The van der Waals surface area contributed by atoms with Crippen LogP contribution in [-0.2, 0) is 13.6 Å². The summed E-state index contributed by atoms with van der Waals surface area (Å²) in [6.07, 6.45) is 1.58. The monoisotopic (exact) mass is 246 g/mol. The maximum atomic E-state index is 11.6. The van der Waals surface area contributed by atoms with Gasteiger partial charge in [-0.3, -0.25) is 4.68 Å². The predicted molar refractivity (Wildman–Crippen MR) is 67.7 cm³/mol. The molecule has 1 heterocycles. The zero-order chi connectivity index (χ0) is 13.0. The molecule has 0 aliphatic rings. The van der Waals surface area contributed by atoms with Gasteiger partial charge in [-0.2, -0.15) is 5.10 Å². The lowest BCUT2D eigenvalue weighted by molar-refractivity contribution is 0.251. The number of aromatic nitrogens is 3. The van der Waals surface area contributed by atoms with Gasteiger partial charge in [-0.15, -0.1) is 0 Å². The number of hydrogen-bond acceptors (Lipinski definition) is 4. The number of benzene rings is 1. The predicted octanol–water partition coefficient (Wildman–Crippen LogP) is 0.719. The van der Waals surface area contributed by atoms with Crippen molar-refractivity contribution in [1.29, 1.82) is 0 Å². The summed E-state index contributed by atoms with van der Waals surface area (Å²) in [4.78, 5) is 15.6. The standard InChI is InChI=1S/C11H14N6O/c1-17-7-14-10(16-17)6-13-11(18)15-9-4-2-3-8(12)5-9/h2-5,7H,6,12H2,1H3,(H2,13,15,18). The molecule has 0 unspecified atom stereocenters. The smallest absolute Gasteiger partial charge is 0.319 e. The Bertz CT molecular complexity index is 550. The highest BCUT2D eigenvalue weighted by atomic mass is 16.2. The first kappa shape index (κ1) is 11.9. The van der Waals surface area contributed by atoms with E-state index in [9.17, 15) is 4.79 Å². The Morgan fingerprint density at radius 2 is 2.33 bits per heavy atom. The second-order valence-corrected chi connectivity index (χ2v) is 3.77. The molecule has 1 aromatic carbocycles. The Hall–Kier alpha value is -2.57. The average Bonchev–Trinajstić information content (AvgIpc) is 2.73. The van der Waals surface area contributed by atoms with Gasteiger partial charge in [0.2, 0.25) is 0 Å². The van der Waals surface area contributed by atoms with E-state index in [1.807, 2.05) is 0 Å². The summed E-state index contributed by atoms with van der Waals surface area (Å²) in [5.74, 6) is 0.556. The summed E-state index contributed by atoms with van der Waals surface area (Å²) in [7, 11) is 1.77. The molecule has 0 bridgehead atoms. The van der Waals surface area contributed by atoms with Crippen LogP contribution in [0.4, 0.5) is 16.2 Å². The van der Waals surface area contributed by atoms with E-state index in [1.165, 1.54) is 0 Å². The van der Waals surface area contributed by atoms with Gasteiger partial charge in [0.25, 0.3) is 0 Å². The number of rotatable bonds is 3. The number of aryl methyl sites for hydroxylation is 1. The van der Waals surface area contributed by atoms with Crippen LogP contribution in [0.15, 0.2) is 30.6 Å². The average molecular weight is 246 g/mol. The molecule has 0 atom stereocenters. The fraction of sp³-hybridized carbons (Fsp3) is 0.182. The molecular formula is C11H14N6O. The van der Waals surface area contributed by atoms with Crippen molar-refractivity contribution >= 4 is 17.4 Å². The van der Waals surface area contributed by atoms with Gasteiger partial charge < -0.3 is 16.4 Å². The number of nitrogens with two attached hydrogens (primary N) is 1. The van der Waals surface area contributed by atoms with Crippen molar-refractivity contribution in [3.63, 3.8) is 0 Å². The van der Waals surface area contributed by atoms with E-state index in [1.54, 1.807) is 42.3 Å². The van der Waals surface area contributed by atoms with Gasteiger partial charge in [0.1, 0.15) is 6.33 Å². The van der Waals surface area contributed by atoms with Crippen LogP contribution in [0.5, 0.6) is 0 Å². The number of amides is 2. The van der Waals surface area contributed by atoms with Gasteiger partial charge in [-0.1, -0.05) is 6.07 Å². The molecule has 4 N–H and O–H groups in total. The number of urea groups is 1. The molecule has 2 amide bonds. The third-order valence-corrected chi connectivity index (χ3v) is 2.20. The highest BCUT2D eigenvalue weighted by Gasteiger charge is 2.04. The van der Waals surface area contributed by atoms with E-state index < -0.39 is 0 Å². The van der Waals surface area contributed by atoms with Crippen LogP contribution in [0, 0.1) is 0 Å². The molecule has 7 nitrogen and oxygen atoms in total. The van der Waals surface area contributed by atoms with Gasteiger partial charge in [-0.05, 0) is 18.2 Å². The van der Waals surface area contributed by atoms with Crippen molar-refractivity contribution in [2.24, 2.45) is 7.05 Å². The lowest BCUT2D eigenvalue weighted by Gasteiger charge is -2.06. The molecular weight excluding hydrogens is 232 g/mol. The minimum Gasteiger partial charge on any atom is -0.399 e. The fourth-order valence-electron chi connectivity index (χ4n) is 1.42. The molecule has 0 aliphatic heterocycles. The molecule has 0 saturated carbocycles. The van der Waals surface area contributed by atoms with E-state index in [2.05, 4.69) is 20.7 Å². The molecule has 0 spiro atoms. The number of nitrogens with one attached hydrogen (secondary N) is 2.